The zero-order valence-corrected chi connectivity index (χ0v) is 18.1. The normalized spacial score (nSPS) is 22.0. The molecule has 3 unspecified atom stereocenters. The highest BCUT2D eigenvalue weighted by Gasteiger charge is 2.60. The van der Waals surface area contributed by atoms with Gasteiger partial charge in [-0.3, -0.25) is 14.4 Å². The number of hydrogen-bond acceptors (Lipinski definition) is 6. The smallest absolute Gasteiger partial charge is 0.266 e. The number of rotatable bonds is 6. The molecule has 0 radical (unpaired) electrons. The minimum absolute atomic E-state index is 0.0836. The predicted molar refractivity (Wildman–Crippen MR) is 123 cm³/mol. The van der Waals surface area contributed by atoms with Gasteiger partial charge in [-0.25, -0.2) is 9.96 Å². The van der Waals surface area contributed by atoms with Crippen molar-refractivity contribution < 1.29 is 24.3 Å². The van der Waals surface area contributed by atoms with Crippen LogP contribution in [0.15, 0.2) is 78.9 Å². The summed E-state index contributed by atoms with van der Waals surface area (Å²) in [5.41, 5.74) is 1.90. The lowest BCUT2D eigenvalue weighted by molar-refractivity contribution is -0.126. The molecule has 0 bridgehead atoms. The molecule has 2 amide bonds. The van der Waals surface area contributed by atoms with Gasteiger partial charge in [0, 0.05) is 0 Å². The Morgan fingerprint density at radius 2 is 1.67 bits per heavy atom. The van der Waals surface area contributed by atoms with Crippen molar-refractivity contribution in [1.29, 1.82) is 0 Å². The Bertz CT molecular complexity index is 1160. The Hall–Kier alpha value is -3.84. The first-order chi connectivity index (χ1) is 16.1. The van der Waals surface area contributed by atoms with Crippen LogP contribution in [-0.2, 0) is 14.4 Å². The number of phenolic OH excluding ortho intramolecular Hbond substituents is 1. The number of ether oxygens (including phenoxy) is 1. The van der Waals surface area contributed by atoms with Crippen LogP contribution in [0.3, 0.4) is 0 Å². The molecule has 1 N–H and O–H groups in total. The fourth-order valence-corrected chi connectivity index (χ4v) is 4.43. The molecule has 2 aliphatic rings. The Labute approximate surface area is 191 Å². The summed E-state index contributed by atoms with van der Waals surface area (Å²) in [5, 5.41) is 11.7. The molecule has 3 aromatic carbocycles. The molecule has 2 saturated heterocycles. The van der Waals surface area contributed by atoms with E-state index in [1.165, 1.54) is 4.90 Å². The van der Waals surface area contributed by atoms with Gasteiger partial charge in [-0.1, -0.05) is 37.3 Å². The van der Waals surface area contributed by atoms with E-state index in [9.17, 15) is 14.7 Å². The molecule has 0 saturated carbocycles. The zero-order chi connectivity index (χ0) is 22.9. The van der Waals surface area contributed by atoms with Crippen LogP contribution in [0.4, 0.5) is 11.4 Å². The maximum Gasteiger partial charge on any atom is 0.266 e. The zero-order valence-electron chi connectivity index (χ0n) is 18.1. The Balaban J connectivity index is 1.50. The minimum atomic E-state index is -0.957. The van der Waals surface area contributed by atoms with Gasteiger partial charge in [0.25, 0.3) is 5.91 Å². The third kappa shape index (κ3) is 3.70. The topological polar surface area (TPSA) is 79.3 Å². The molecule has 0 spiro atoms. The average Bonchev–Trinajstić information content (AvgIpc) is 3.35. The van der Waals surface area contributed by atoms with E-state index in [-0.39, 0.29) is 11.7 Å². The molecule has 2 aliphatic heterocycles. The van der Waals surface area contributed by atoms with Gasteiger partial charge in [0.05, 0.1) is 24.0 Å². The van der Waals surface area contributed by atoms with Gasteiger partial charge in [0.1, 0.15) is 17.4 Å². The van der Waals surface area contributed by atoms with Crippen LogP contribution in [0, 0.1) is 5.92 Å². The monoisotopic (exact) mass is 444 g/mol. The number of hydrogen-bond donors (Lipinski definition) is 1. The number of nitrogens with zero attached hydrogens (tertiary/aromatic N) is 2. The fourth-order valence-electron chi connectivity index (χ4n) is 4.43. The number of carbonyl (C=O) groups excluding carboxylic acids is 2. The number of fused-ring (bicyclic) bond motifs is 1. The molecule has 0 aromatic heterocycles. The van der Waals surface area contributed by atoms with E-state index in [2.05, 4.69) is 0 Å². The molecule has 0 aliphatic carbocycles. The number of para-hydroxylation sites is 1. The highest BCUT2D eigenvalue weighted by atomic mass is 16.7. The maximum atomic E-state index is 13.6. The molecular formula is C26H24N2O5. The largest absolute Gasteiger partial charge is 0.508 e. The molecule has 2 fully saturated rings. The van der Waals surface area contributed by atoms with Crippen molar-refractivity contribution in [2.75, 3.05) is 16.6 Å². The van der Waals surface area contributed by atoms with Crippen LogP contribution in [-0.4, -0.2) is 29.6 Å². The van der Waals surface area contributed by atoms with E-state index in [4.69, 9.17) is 9.57 Å². The Morgan fingerprint density at radius 1 is 0.909 bits per heavy atom. The third-order valence-corrected chi connectivity index (χ3v) is 5.91. The molecule has 3 atom stereocenters. The summed E-state index contributed by atoms with van der Waals surface area (Å²) in [6, 6.07) is 22.4. The van der Waals surface area contributed by atoms with Crippen LogP contribution >= 0.6 is 0 Å². The number of anilines is 2. The second-order valence-corrected chi connectivity index (χ2v) is 8.11. The van der Waals surface area contributed by atoms with E-state index in [0.717, 1.165) is 12.1 Å². The third-order valence-electron chi connectivity index (χ3n) is 5.91. The van der Waals surface area contributed by atoms with Crippen molar-refractivity contribution in [3.8, 4) is 11.5 Å². The molecule has 3 aromatic rings. The highest BCUT2D eigenvalue weighted by Crippen LogP contribution is 2.48. The second-order valence-electron chi connectivity index (χ2n) is 8.11. The maximum absolute atomic E-state index is 13.6. The summed E-state index contributed by atoms with van der Waals surface area (Å²) in [5.74, 6) is -0.727. The lowest BCUT2D eigenvalue weighted by atomic mass is 9.90. The number of amides is 2. The molecule has 2 heterocycles. The summed E-state index contributed by atoms with van der Waals surface area (Å²) in [6.45, 7) is 2.62. The quantitative estimate of drug-likeness (QED) is 0.573. The van der Waals surface area contributed by atoms with Crippen LogP contribution in [0.25, 0.3) is 0 Å². The first-order valence-corrected chi connectivity index (χ1v) is 11.0. The predicted octanol–water partition coefficient (Wildman–Crippen LogP) is 4.23. The van der Waals surface area contributed by atoms with Crippen molar-refractivity contribution in [3.63, 3.8) is 0 Å². The van der Waals surface area contributed by atoms with Crippen LogP contribution in [0.2, 0.25) is 0 Å². The van der Waals surface area contributed by atoms with Crippen molar-refractivity contribution in [1.82, 2.24) is 0 Å². The first kappa shape index (κ1) is 21.0. The summed E-state index contributed by atoms with van der Waals surface area (Å²) in [6.07, 6.45) is -0.0686. The number of carbonyl (C=O) groups is 2. The molecule has 33 heavy (non-hydrogen) atoms. The number of benzene rings is 3. The summed E-state index contributed by atoms with van der Waals surface area (Å²) < 4.78 is 5.61. The van der Waals surface area contributed by atoms with E-state index >= 15 is 0 Å². The molecule has 7 heteroatoms. The minimum Gasteiger partial charge on any atom is -0.508 e. The highest BCUT2D eigenvalue weighted by molar-refractivity contribution is 6.23. The molecular weight excluding hydrogens is 420 g/mol. The Kier molecular flexibility index (Phi) is 5.48. The number of aromatic hydroxyl groups is 1. The van der Waals surface area contributed by atoms with Gasteiger partial charge in [-0.05, 0) is 60.5 Å². The lowest BCUT2D eigenvalue weighted by Crippen LogP contribution is -2.37. The van der Waals surface area contributed by atoms with Gasteiger partial charge < -0.3 is 9.84 Å². The fraction of sp³-hybridized carbons (Fsp3) is 0.231. The SMILES string of the molecule is CCCOc1ccc(N2C(=O)C3ON(c4ccccc4)C(c4cccc(O)c4)C3C2=O)cc1. The summed E-state index contributed by atoms with van der Waals surface area (Å²) in [7, 11) is 0. The van der Waals surface area contributed by atoms with Gasteiger partial charge in [-0.2, -0.15) is 0 Å². The summed E-state index contributed by atoms with van der Waals surface area (Å²) >= 11 is 0. The van der Waals surface area contributed by atoms with Crippen molar-refractivity contribution in [2.24, 2.45) is 5.92 Å². The van der Waals surface area contributed by atoms with Gasteiger partial charge in [0.15, 0.2) is 6.10 Å². The Morgan fingerprint density at radius 3 is 2.36 bits per heavy atom. The first-order valence-electron chi connectivity index (χ1n) is 11.0. The van der Waals surface area contributed by atoms with E-state index in [1.807, 2.05) is 43.3 Å². The van der Waals surface area contributed by atoms with Crippen molar-refractivity contribution >= 4 is 23.2 Å². The van der Waals surface area contributed by atoms with Crippen molar-refractivity contribution in [2.45, 2.75) is 25.5 Å². The van der Waals surface area contributed by atoms with E-state index in [1.54, 1.807) is 47.5 Å². The number of imide groups is 1. The molecule has 168 valence electrons. The molecule has 7 nitrogen and oxygen atoms in total. The van der Waals surface area contributed by atoms with Crippen LogP contribution in [0.1, 0.15) is 24.9 Å². The summed E-state index contributed by atoms with van der Waals surface area (Å²) in [4.78, 5) is 34.2. The van der Waals surface area contributed by atoms with Gasteiger partial charge in [-0.15, -0.1) is 0 Å². The van der Waals surface area contributed by atoms with Gasteiger partial charge in [0.2, 0.25) is 5.91 Å². The number of phenols is 1. The lowest BCUT2D eigenvalue weighted by Gasteiger charge is -2.28. The van der Waals surface area contributed by atoms with Crippen LogP contribution in [0.5, 0.6) is 11.5 Å². The number of hydroxylamine groups is 1. The van der Waals surface area contributed by atoms with E-state index in [0.29, 0.717) is 23.6 Å². The van der Waals surface area contributed by atoms with E-state index < -0.39 is 24.0 Å². The van der Waals surface area contributed by atoms with Crippen molar-refractivity contribution in [3.05, 3.63) is 84.4 Å². The second kappa shape index (κ2) is 8.60. The van der Waals surface area contributed by atoms with Crippen LogP contribution < -0.4 is 14.7 Å². The van der Waals surface area contributed by atoms with Gasteiger partial charge >= 0.3 is 0 Å². The molecule has 5 rings (SSSR count). The average molecular weight is 444 g/mol. The standard InChI is InChI=1S/C26H24N2O5/c1-2-15-32-21-13-11-18(12-14-21)27-25(30)22-23(17-7-6-10-20(29)16-17)28(33-24(22)26(27)31)19-8-4-3-5-9-19/h3-14,16,22-24,29H,2,15H2,1H3.